The van der Waals surface area contributed by atoms with E-state index >= 15 is 0 Å². The van der Waals surface area contributed by atoms with Gasteiger partial charge in [0.25, 0.3) is 0 Å². The SMILES string of the molecule is O=C(OS(c1ccccc1)(c1ccc(Cl)cc1)c1ccc(Cl)cc1)C(F)(F)F. The van der Waals surface area contributed by atoms with Gasteiger partial charge in [-0.15, -0.1) is 0 Å². The van der Waals surface area contributed by atoms with E-state index in [0.29, 0.717) is 24.7 Å². The first-order valence-corrected chi connectivity index (χ1v) is 10.2. The molecule has 0 fully saturated rings. The van der Waals surface area contributed by atoms with E-state index in [9.17, 15) is 18.0 Å². The van der Waals surface area contributed by atoms with Gasteiger partial charge in [-0.3, -0.25) is 0 Å². The van der Waals surface area contributed by atoms with Gasteiger partial charge in [0, 0.05) is 24.7 Å². The summed E-state index contributed by atoms with van der Waals surface area (Å²) in [7, 11) is -3.04. The van der Waals surface area contributed by atoms with E-state index in [1.807, 2.05) is 0 Å². The number of carbonyl (C=O) groups is 1. The summed E-state index contributed by atoms with van der Waals surface area (Å²) in [6.07, 6.45) is -5.15. The Kier molecular flexibility index (Phi) is 5.93. The summed E-state index contributed by atoms with van der Waals surface area (Å²) < 4.78 is 44.7. The zero-order valence-electron chi connectivity index (χ0n) is 14.1. The minimum absolute atomic E-state index is 0.392. The second kappa shape index (κ2) is 8.07. The van der Waals surface area contributed by atoms with Crippen molar-refractivity contribution in [3.8, 4) is 0 Å². The van der Waals surface area contributed by atoms with Gasteiger partial charge in [0.2, 0.25) is 0 Å². The van der Waals surface area contributed by atoms with Crippen LogP contribution in [0.2, 0.25) is 10.0 Å². The van der Waals surface area contributed by atoms with Gasteiger partial charge in [-0.05, 0) is 71.0 Å². The molecule has 0 bridgehead atoms. The molecule has 0 aliphatic heterocycles. The van der Waals surface area contributed by atoms with Gasteiger partial charge in [0.1, 0.15) is 0 Å². The molecule has 146 valence electrons. The van der Waals surface area contributed by atoms with Crippen LogP contribution < -0.4 is 0 Å². The Morgan fingerprint density at radius 2 is 1.11 bits per heavy atom. The van der Waals surface area contributed by atoms with Crippen LogP contribution >= 0.6 is 33.5 Å². The van der Waals surface area contributed by atoms with Gasteiger partial charge < -0.3 is 4.18 Å². The van der Waals surface area contributed by atoms with Crippen molar-refractivity contribution >= 4 is 39.5 Å². The Labute approximate surface area is 171 Å². The summed E-state index contributed by atoms with van der Waals surface area (Å²) in [6, 6.07) is 20.7. The standard InChI is InChI=1S/C20H13Cl2F3O2S/c21-14-6-10-17(11-7-14)28(16-4-2-1-3-5-16,27-19(26)20(23,24)25)18-12-8-15(22)9-13-18/h1-13H. The van der Waals surface area contributed by atoms with Crippen molar-refractivity contribution in [3.63, 3.8) is 0 Å². The van der Waals surface area contributed by atoms with Gasteiger partial charge in [-0.25, -0.2) is 4.79 Å². The van der Waals surface area contributed by atoms with E-state index in [0.717, 1.165) is 0 Å². The maximum absolute atomic E-state index is 13.2. The highest BCUT2D eigenvalue weighted by molar-refractivity contribution is 8.30. The number of alkyl halides is 3. The predicted molar refractivity (Wildman–Crippen MR) is 104 cm³/mol. The minimum atomic E-state index is -5.15. The van der Waals surface area contributed by atoms with Crippen LogP contribution in [0.3, 0.4) is 0 Å². The molecule has 0 spiro atoms. The van der Waals surface area contributed by atoms with Crippen molar-refractivity contribution in [2.24, 2.45) is 0 Å². The Bertz CT molecular complexity index is 914. The first kappa shape index (κ1) is 20.6. The third-order valence-corrected chi connectivity index (χ3v) is 7.51. The summed E-state index contributed by atoms with van der Waals surface area (Å²) in [5, 5.41) is 0.812. The number of rotatable bonds is 4. The van der Waals surface area contributed by atoms with Crippen LogP contribution in [-0.2, 0) is 8.98 Å². The van der Waals surface area contributed by atoms with E-state index < -0.39 is 22.5 Å². The molecule has 0 aliphatic rings. The molecule has 0 N–H and O–H groups in total. The highest BCUT2D eigenvalue weighted by Crippen LogP contribution is 2.69. The molecule has 8 heteroatoms. The lowest BCUT2D eigenvalue weighted by atomic mass is 10.3. The van der Waals surface area contributed by atoms with E-state index in [-0.39, 0.29) is 0 Å². The van der Waals surface area contributed by atoms with Gasteiger partial charge in [0.05, 0.1) is 0 Å². The summed E-state index contributed by atoms with van der Waals surface area (Å²) in [5.74, 6) is -2.27. The van der Waals surface area contributed by atoms with Crippen molar-refractivity contribution in [1.82, 2.24) is 0 Å². The molecule has 0 unspecified atom stereocenters. The van der Waals surface area contributed by atoms with Crippen LogP contribution in [0.15, 0.2) is 93.5 Å². The zero-order valence-corrected chi connectivity index (χ0v) is 16.4. The second-order valence-corrected chi connectivity index (χ2v) is 9.21. The normalized spacial score (nSPS) is 12.5. The summed E-state index contributed by atoms with van der Waals surface area (Å²) in [4.78, 5) is 13.2. The molecule has 2 nitrogen and oxygen atoms in total. The van der Waals surface area contributed by atoms with Gasteiger partial charge in [0.15, 0.2) is 0 Å². The Morgan fingerprint density at radius 1 is 0.714 bits per heavy atom. The molecule has 3 aromatic rings. The smallest absolute Gasteiger partial charge is 0.395 e. The molecule has 0 amide bonds. The average Bonchev–Trinajstić information content (AvgIpc) is 2.67. The molecule has 0 saturated heterocycles. The summed E-state index contributed by atoms with van der Waals surface area (Å²) in [5.41, 5.74) is 0. The van der Waals surface area contributed by atoms with Crippen LogP contribution in [0.5, 0.6) is 0 Å². The van der Waals surface area contributed by atoms with E-state index in [1.165, 1.54) is 0 Å². The Balaban J connectivity index is 2.32. The molecule has 0 aromatic heterocycles. The van der Waals surface area contributed by atoms with Crippen LogP contribution in [0.1, 0.15) is 0 Å². The first-order valence-electron chi connectivity index (χ1n) is 7.94. The van der Waals surface area contributed by atoms with Gasteiger partial charge >= 0.3 is 12.1 Å². The number of hydrogen-bond donors (Lipinski definition) is 0. The monoisotopic (exact) mass is 444 g/mol. The number of hydrogen-bond acceptors (Lipinski definition) is 2. The van der Waals surface area contributed by atoms with Crippen molar-refractivity contribution in [2.45, 2.75) is 20.9 Å². The maximum Gasteiger partial charge on any atom is 0.491 e. The molecule has 0 heterocycles. The Hall–Kier alpha value is -2.15. The number of halogens is 5. The highest BCUT2D eigenvalue weighted by atomic mass is 35.5. The van der Waals surface area contributed by atoms with Gasteiger partial charge in [-0.1, -0.05) is 41.4 Å². The molecule has 0 atom stereocenters. The van der Waals surface area contributed by atoms with Crippen molar-refractivity contribution in [3.05, 3.63) is 88.9 Å². The lowest BCUT2D eigenvalue weighted by Gasteiger charge is -2.39. The summed E-state index contributed by atoms with van der Waals surface area (Å²) >= 11 is 11.9. The molecule has 28 heavy (non-hydrogen) atoms. The summed E-state index contributed by atoms with van der Waals surface area (Å²) in [6.45, 7) is 0. The quantitative estimate of drug-likeness (QED) is 0.421. The molecular weight excluding hydrogens is 432 g/mol. The Morgan fingerprint density at radius 3 is 1.50 bits per heavy atom. The first-order chi connectivity index (χ1) is 13.2. The average molecular weight is 445 g/mol. The fraction of sp³-hybridized carbons (Fsp3) is 0.0500. The lowest BCUT2D eigenvalue weighted by Crippen LogP contribution is -2.27. The van der Waals surface area contributed by atoms with Crippen LogP contribution in [-0.4, -0.2) is 12.1 Å². The zero-order chi connectivity index (χ0) is 20.4. The van der Waals surface area contributed by atoms with Gasteiger partial charge in [-0.2, -0.15) is 13.2 Å². The molecular formula is C20H13Cl2F3O2S. The number of benzene rings is 3. The third kappa shape index (κ3) is 4.14. The largest absolute Gasteiger partial charge is 0.491 e. The number of carbonyl (C=O) groups excluding carboxylic acids is 1. The van der Waals surface area contributed by atoms with Crippen molar-refractivity contribution in [1.29, 1.82) is 0 Å². The predicted octanol–water partition coefficient (Wildman–Crippen LogP) is 7.30. The topological polar surface area (TPSA) is 26.3 Å². The fourth-order valence-corrected chi connectivity index (χ4v) is 5.84. The van der Waals surface area contributed by atoms with Crippen molar-refractivity contribution < 1.29 is 22.1 Å². The van der Waals surface area contributed by atoms with E-state index in [4.69, 9.17) is 27.4 Å². The van der Waals surface area contributed by atoms with E-state index in [2.05, 4.69) is 0 Å². The molecule has 3 rings (SSSR count). The second-order valence-electron chi connectivity index (χ2n) is 5.65. The van der Waals surface area contributed by atoms with Crippen LogP contribution in [0.25, 0.3) is 0 Å². The highest BCUT2D eigenvalue weighted by Gasteiger charge is 2.47. The molecule has 0 aliphatic carbocycles. The molecule has 0 saturated carbocycles. The lowest BCUT2D eigenvalue weighted by molar-refractivity contribution is -0.188. The third-order valence-electron chi connectivity index (χ3n) is 3.80. The molecule has 3 aromatic carbocycles. The van der Waals surface area contributed by atoms with E-state index in [1.54, 1.807) is 78.9 Å². The molecule has 0 radical (unpaired) electrons. The fourth-order valence-electron chi connectivity index (χ4n) is 2.58. The van der Waals surface area contributed by atoms with Crippen molar-refractivity contribution in [2.75, 3.05) is 0 Å². The minimum Gasteiger partial charge on any atom is -0.395 e. The maximum atomic E-state index is 13.2. The van der Waals surface area contributed by atoms with Crippen LogP contribution in [0.4, 0.5) is 13.2 Å². The van der Waals surface area contributed by atoms with Crippen LogP contribution in [0, 0.1) is 0 Å².